The Hall–Kier alpha value is -3.68. The Morgan fingerprint density at radius 2 is 1.97 bits per heavy atom. The van der Waals surface area contributed by atoms with Crippen molar-refractivity contribution in [1.29, 1.82) is 0 Å². The van der Waals surface area contributed by atoms with Crippen molar-refractivity contribution in [2.24, 2.45) is 7.05 Å². The van der Waals surface area contributed by atoms with Crippen LogP contribution in [-0.4, -0.2) is 40.7 Å². The molecular formula is C25H29N5O3. The van der Waals surface area contributed by atoms with E-state index >= 15 is 0 Å². The number of pyridine rings is 1. The van der Waals surface area contributed by atoms with Gasteiger partial charge < -0.3 is 15.0 Å². The van der Waals surface area contributed by atoms with Crippen LogP contribution in [0, 0.1) is 13.8 Å². The number of aromatic nitrogens is 3. The van der Waals surface area contributed by atoms with Gasteiger partial charge in [-0.1, -0.05) is 24.3 Å². The van der Waals surface area contributed by atoms with Crippen LogP contribution in [-0.2, 0) is 23.0 Å². The third-order valence-corrected chi connectivity index (χ3v) is 6.07. The second-order valence-corrected chi connectivity index (χ2v) is 8.68. The maximum atomic E-state index is 13.4. The first-order chi connectivity index (χ1) is 15.7. The molecule has 4 rings (SSSR count). The molecule has 8 heteroatoms. The predicted octanol–water partition coefficient (Wildman–Crippen LogP) is 3.17. The number of aryl methyl sites for hydroxylation is 2. The molecule has 1 aromatic carbocycles. The van der Waals surface area contributed by atoms with Crippen molar-refractivity contribution in [3.8, 4) is 11.4 Å². The van der Waals surface area contributed by atoms with E-state index in [1.165, 1.54) is 11.5 Å². The number of rotatable bonds is 5. The zero-order chi connectivity index (χ0) is 23.9. The number of hydrogen-bond acceptors (Lipinski definition) is 7. The summed E-state index contributed by atoms with van der Waals surface area (Å²) in [6.07, 6.45) is 1.96. The van der Waals surface area contributed by atoms with Gasteiger partial charge in [0.05, 0.1) is 11.7 Å². The summed E-state index contributed by atoms with van der Waals surface area (Å²) < 4.78 is 7.12. The van der Waals surface area contributed by atoms with Crippen molar-refractivity contribution in [2.75, 3.05) is 24.3 Å². The van der Waals surface area contributed by atoms with E-state index in [1.54, 1.807) is 13.2 Å². The molecule has 1 aliphatic rings. The lowest BCUT2D eigenvalue weighted by atomic mass is 10.1. The number of nitrogens with zero attached hydrogens (tertiary/aromatic N) is 4. The molecule has 1 N–H and O–H groups in total. The van der Waals surface area contributed by atoms with Crippen LogP contribution in [0.3, 0.4) is 0 Å². The molecule has 0 spiro atoms. The quantitative estimate of drug-likeness (QED) is 0.601. The van der Waals surface area contributed by atoms with Gasteiger partial charge in [0.2, 0.25) is 0 Å². The molecule has 2 aromatic heterocycles. The van der Waals surface area contributed by atoms with Gasteiger partial charge in [0.25, 0.3) is 5.56 Å². The molecule has 0 saturated carbocycles. The molecule has 33 heavy (non-hydrogen) atoms. The normalized spacial score (nSPS) is 16.9. The van der Waals surface area contributed by atoms with E-state index in [1.807, 2.05) is 63.2 Å². The molecule has 3 aromatic rings. The highest BCUT2D eigenvalue weighted by Gasteiger charge is 2.35. The molecule has 0 aliphatic heterocycles. The minimum Gasteiger partial charge on any atom is -0.460 e. The van der Waals surface area contributed by atoms with Gasteiger partial charge in [-0.25, -0.2) is 9.97 Å². The van der Waals surface area contributed by atoms with Gasteiger partial charge in [-0.3, -0.25) is 14.2 Å². The van der Waals surface area contributed by atoms with E-state index in [0.717, 1.165) is 28.1 Å². The smallest absolute Gasteiger partial charge is 0.302 e. The Bertz CT molecular complexity index is 1280. The zero-order valence-electron chi connectivity index (χ0n) is 19.8. The van der Waals surface area contributed by atoms with Crippen LogP contribution in [0.1, 0.15) is 35.3 Å². The molecule has 0 fully saturated rings. The van der Waals surface area contributed by atoms with Crippen molar-refractivity contribution in [1.82, 2.24) is 14.5 Å². The SMILES string of the molecule is CC(=O)O[C@H]1Cc2ccccc2C1Nc1c(C)nc(-c2cnc(N(C)C)cc2C)n(C)c1=O. The molecule has 8 nitrogen and oxygen atoms in total. The van der Waals surface area contributed by atoms with Crippen molar-refractivity contribution in [2.45, 2.75) is 39.3 Å². The number of carbonyl (C=O) groups excluding carboxylic acids is 1. The molecule has 1 aliphatic carbocycles. The number of carbonyl (C=O) groups is 1. The Labute approximate surface area is 193 Å². The Balaban J connectivity index is 1.74. The maximum absolute atomic E-state index is 13.4. The number of nitrogens with one attached hydrogen (secondary N) is 1. The Morgan fingerprint density at radius 3 is 2.64 bits per heavy atom. The number of esters is 1. The Morgan fingerprint density at radius 1 is 1.24 bits per heavy atom. The van der Waals surface area contributed by atoms with E-state index in [4.69, 9.17) is 9.72 Å². The van der Waals surface area contributed by atoms with Crippen LogP contribution in [0.5, 0.6) is 0 Å². The van der Waals surface area contributed by atoms with Crippen LogP contribution in [0.2, 0.25) is 0 Å². The van der Waals surface area contributed by atoms with Crippen LogP contribution >= 0.6 is 0 Å². The van der Waals surface area contributed by atoms with E-state index in [9.17, 15) is 9.59 Å². The first-order valence-corrected chi connectivity index (χ1v) is 10.9. The summed E-state index contributed by atoms with van der Waals surface area (Å²) >= 11 is 0. The minimum atomic E-state index is -0.395. The lowest BCUT2D eigenvalue weighted by Crippen LogP contribution is -2.31. The van der Waals surface area contributed by atoms with E-state index in [0.29, 0.717) is 23.6 Å². The van der Waals surface area contributed by atoms with Crippen molar-refractivity contribution < 1.29 is 9.53 Å². The first-order valence-electron chi connectivity index (χ1n) is 10.9. The van der Waals surface area contributed by atoms with Crippen molar-refractivity contribution >= 4 is 17.5 Å². The molecule has 0 amide bonds. The van der Waals surface area contributed by atoms with Gasteiger partial charge >= 0.3 is 5.97 Å². The fraction of sp³-hybridized carbons (Fsp3) is 0.360. The molecule has 0 radical (unpaired) electrons. The summed E-state index contributed by atoms with van der Waals surface area (Å²) in [5.74, 6) is 1.05. The van der Waals surface area contributed by atoms with Crippen LogP contribution < -0.4 is 15.8 Å². The molecule has 172 valence electrons. The van der Waals surface area contributed by atoms with Crippen LogP contribution in [0.25, 0.3) is 11.4 Å². The predicted molar refractivity (Wildman–Crippen MR) is 129 cm³/mol. The lowest BCUT2D eigenvalue weighted by Gasteiger charge is -2.24. The number of ether oxygens (including phenoxy) is 1. The van der Waals surface area contributed by atoms with E-state index in [-0.39, 0.29) is 17.6 Å². The van der Waals surface area contributed by atoms with E-state index in [2.05, 4.69) is 10.3 Å². The summed E-state index contributed by atoms with van der Waals surface area (Å²) in [5.41, 5.74) is 4.69. The second kappa shape index (κ2) is 8.69. The van der Waals surface area contributed by atoms with Gasteiger partial charge in [0.1, 0.15) is 23.4 Å². The monoisotopic (exact) mass is 447 g/mol. The second-order valence-electron chi connectivity index (χ2n) is 8.68. The zero-order valence-corrected chi connectivity index (χ0v) is 19.8. The van der Waals surface area contributed by atoms with Gasteiger partial charge in [-0.15, -0.1) is 0 Å². The maximum Gasteiger partial charge on any atom is 0.302 e. The largest absolute Gasteiger partial charge is 0.460 e. The summed E-state index contributed by atoms with van der Waals surface area (Å²) in [4.78, 5) is 36.3. The average Bonchev–Trinajstić information content (AvgIpc) is 3.10. The highest BCUT2D eigenvalue weighted by molar-refractivity contribution is 5.67. The summed E-state index contributed by atoms with van der Waals surface area (Å²) in [6.45, 7) is 5.20. The highest BCUT2D eigenvalue weighted by atomic mass is 16.5. The topological polar surface area (TPSA) is 89.3 Å². The lowest BCUT2D eigenvalue weighted by molar-refractivity contribution is -0.146. The standard InChI is InChI=1S/C25H29N5O3/c1-14-11-21(29(4)5)26-13-19(14)24-27-15(2)22(25(32)30(24)6)28-23-18-10-8-7-9-17(18)12-20(23)33-16(3)31/h7-11,13,20,23,28H,12H2,1-6H3/t20-,23?/m0/s1. The van der Waals surface area contributed by atoms with Crippen LogP contribution in [0.15, 0.2) is 41.3 Å². The molecule has 0 saturated heterocycles. The van der Waals surface area contributed by atoms with E-state index < -0.39 is 6.10 Å². The van der Waals surface area contributed by atoms with Gasteiger partial charge in [0, 0.05) is 46.2 Å². The fourth-order valence-electron chi connectivity index (χ4n) is 4.34. The number of fused-ring (bicyclic) bond motifs is 1. The van der Waals surface area contributed by atoms with Gasteiger partial charge in [-0.05, 0) is 36.6 Å². The van der Waals surface area contributed by atoms with Crippen molar-refractivity contribution in [3.63, 3.8) is 0 Å². The molecule has 1 unspecified atom stereocenters. The molecule has 2 heterocycles. The first kappa shape index (κ1) is 22.5. The number of benzene rings is 1. The minimum absolute atomic E-state index is 0.195. The van der Waals surface area contributed by atoms with Gasteiger partial charge in [-0.2, -0.15) is 0 Å². The number of anilines is 2. The third kappa shape index (κ3) is 4.20. The summed E-state index contributed by atoms with van der Waals surface area (Å²) in [5, 5.41) is 3.35. The molecule has 2 atom stereocenters. The molecule has 0 bridgehead atoms. The fourth-order valence-corrected chi connectivity index (χ4v) is 4.34. The summed E-state index contributed by atoms with van der Waals surface area (Å²) in [6, 6.07) is 9.58. The molecular weight excluding hydrogens is 418 g/mol. The average molecular weight is 448 g/mol. The Kier molecular flexibility index (Phi) is 5.93. The highest BCUT2D eigenvalue weighted by Crippen LogP contribution is 2.36. The number of hydrogen-bond donors (Lipinski definition) is 1. The van der Waals surface area contributed by atoms with Crippen LogP contribution in [0.4, 0.5) is 11.5 Å². The summed E-state index contributed by atoms with van der Waals surface area (Å²) in [7, 11) is 5.58. The van der Waals surface area contributed by atoms with Crippen molar-refractivity contribution in [3.05, 3.63) is 69.3 Å². The van der Waals surface area contributed by atoms with Gasteiger partial charge in [0.15, 0.2) is 0 Å². The third-order valence-electron chi connectivity index (χ3n) is 6.07.